The number of hydrogen-bond donors (Lipinski definition) is 1. The van der Waals surface area contributed by atoms with Crippen LogP contribution in [0.2, 0.25) is 0 Å². The molecule has 7 heteroatoms. The van der Waals surface area contributed by atoms with Crippen molar-refractivity contribution in [1.29, 1.82) is 0 Å². The van der Waals surface area contributed by atoms with Crippen molar-refractivity contribution in [3.05, 3.63) is 39.7 Å². The van der Waals surface area contributed by atoms with Crippen LogP contribution in [0.5, 0.6) is 0 Å². The van der Waals surface area contributed by atoms with Crippen molar-refractivity contribution in [3.8, 4) is 0 Å². The molecular formula is C9H6FNO5. The lowest BCUT2D eigenvalue weighted by Gasteiger charge is -1.99. The number of ketones is 1. The van der Waals surface area contributed by atoms with Gasteiger partial charge in [-0.15, -0.1) is 0 Å². The molecule has 1 rings (SSSR count). The summed E-state index contributed by atoms with van der Waals surface area (Å²) in [7, 11) is 0. The highest BCUT2D eigenvalue weighted by Crippen LogP contribution is 2.16. The number of carboxylic acid groups (broad SMARTS) is 1. The number of nitro benzene ring substituents is 1. The van der Waals surface area contributed by atoms with Gasteiger partial charge in [0.25, 0.3) is 5.69 Å². The number of nitro groups is 1. The van der Waals surface area contributed by atoms with Crippen molar-refractivity contribution in [1.82, 2.24) is 0 Å². The number of Topliss-reactive ketones (excluding diaryl/α,β-unsaturated/α-hetero) is 1. The predicted molar refractivity (Wildman–Crippen MR) is 49.4 cm³/mol. The first-order valence-electron chi connectivity index (χ1n) is 4.10. The number of hydrogen-bond acceptors (Lipinski definition) is 4. The largest absolute Gasteiger partial charge is 0.475 e. The quantitative estimate of drug-likeness (QED) is 0.468. The van der Waals surface area contributed by atoms with E-state index in [1.165, 1.54) is 0 Å². The zero-order chi connectivity index (χ0) is 12.3. The van der Waals surface area contributed by atoms with E-state index in [1.807, 2.05) is 0 Å². The van der Waals surface area contributed by atoms with Gasteiger partial charge in [-0.05, 0) is 11.6 Å². The minimum absolute atomic E-state index is 0.0425. The third-order valence-corrected chi connectivity index (χ3v) is 1.76. The molecule has 0 aliphatic rings. The summed E-state index contributed by atoms with van der Waals surface area (Å²) in [5, 5.41) is 18.7. The molecule has 0 atom stereocenters. The lowest BCUT2D eigenvalue weighted by Crippen LogP contribution is -2.15. The molecule has 1 aromatic carbocycles. The predicted octanol–water partition coefficient (Wildman–Crippen LogP) is 0.930. The topological polar surface area (TPSA) is 97.5 Å². The van der Waals surface area contributed by atoms with E-state index < -0.39 is 34.6 Å². The summed E-state index contributed by atoms with van der Waals surface area (Å²) in [4.78, 5) is 30.6. The summed E-state index contributed by atoms with van der Waals surface area (Å²) in [5.74, 6) is -3.70. The van der Waals surface area contributed by atoms with Crippen molar-refractivity contribution >= 4 is 17.4 Å². The summed E-state index contributed by atoms with van der Waals surface area (Å²) < 4.78 is 12.9. The van der Waals surface area contributed by atoms with Gasteiger partial charge in [0.15, 0.2) is 0 Å². The molecule has 0 spiro atoms. The maximum absolute atomic E-state index is 12.9. The molecule has 0 aromatic heterocycles. The summed E-state index contributed by atoms with van der Waals surface area (Å²) in [6, 6.07) is 2.53. The molecule has 0 aliphatic carbocycles. The van der Waals surface area contributed by atoms with Crippen LogP contribution in [0.25, 0.3) is 0 Å². The molecule has 6 nitrogen and oxygen atoms in total. The van der Waals surface area contributed by atoms with Crippen molar-refractivity contribution in [2.24, 2.45) is 0 Å². The number of rotatable bonds is 4. The van der Waals surface area contributed by atoms with E-state index in [0.29, 0.717) is 6.07 Å². The number of aliphatic carboxylic acids is 1. The smallest absolute Gasteiger partial charge is 0.372 e. The highest BCUT2D eigenvalue weighted by Gasteiger charge is 2.16. The van der Waals surface area contributed by atoms with Gasteiger partial charge in [0, 0.05) is 12.5 Å². The number of benzene rings is 1. The summed E-state index contributed by atoms with van der Waals surface area (Å²) in [5.41, 5.74) is -0.563. The number of carboxylic acids is 1. The number of carbonyl (C=O) groups is 2. The molecule has 0 unspecified atom stereocenters. The van der Waals surface area contributed by atoms with E-state index in [2.05, 4.69) is 0 Å². The van der Waals surface area contributed by atoms with E-state index in [-0.39, 0.29) is 5.56 Å². The van der Waals surface area contributed by atoms with Crippen molar-refractivity contribution in [2.45, 2.75) is 6.42 Å². The lowest BCUT2D eigenvalue weighted by molar-refractivity contribution is -0.385. The zero-order valence-electron chi connectivity index (χ0n) is 7.84. The number of nitrogens with zero attached hydrogens (tertiary/aromatic N) is 1. The maximum Gasteiger partial charge on any atom is 0.372 e. The standard InChI is InChI=1S/C9H6FNO5/c10-6-1-5(3-8(12)9(13)14)2-7(4-6)11(15)16/h1-2,4H,3H2,(H,13,14). The van der Waals surface area contributed by atoms with Gasteiger partial charge in [-0.1, -0.05) is 0 Å². The van der Waals surface area contributed by atoms with Crippen LogP contribution in [0.15, 0.2) is 18.2 Å². The first kappa shape index (κ1) is 11.8. The van der Waals surface area contributed by atoms with E-state index in [4.69, 9.17) is 5.11 Å². The summed E-state index contributed by atoms with van der Waals surface area (Å²) >= 11 is 0. The Morgan fingerprint density at radius 1 is 1.38 bits per heavy atom. The fourth-order valence-corrected chi connectivity index (χ4v) is 1.10. The molecule has 16 heavy (non-hydrogen) atoms. The van der Waals surface area contributed by atoms with Crippen molar-refractivity contribution < 1.29 is 24.0 Å². The van der Waals surface area contributed by atoms with E-state index in [1.54, 1.807) is 0 Å². The Hall–Kier alpha value is -2.31. The lowest BCUT2D eigenvalue weighted by atomic mass is 10.1. The van der Waals surface area contributed by atoms with E-state index >= 15 is 0 Å². The Kier molecular flexibility index (Phi) is 3.29. The van der Waals surface area contributed by atoms with Gasteiger partial charge in [0.2, 0.25) is 5.78 Å². The molecule has 84 valence electrons. The highest BCUT2D eigenvalue weighted by molar-refractivity contribution is 6.33. The van der Waals surface area contributed by atoms with E-state index in [0.717, 1.165) is 12.1 Å². The second-order valence-electron chi connectivity index (χ2n) is 2.98. The third kappa shape index (κ3) is 2.84. The molecule has 0 fully saturated rings. The van der Waals surface area contributed by atoms with Crippen LogP contribution in [-0.4, -0.2) is 21.8 Å². The molecule has 0 aliphatic heterocycles. The van der Waals surface area contributed by atoms with Crippen LogP contribution in [0.1, 0.15) is 5.56 Å². The molecule has 0 bridgehead atoms. The Morgan fingerprint density at radius 2 is 2.00 bits per heavy atom. The SMILES string of the molecule is O=C(O)C(=O)Cc1cc(F)cc([N+](=O)[O-])c1. The second-order valence-corrected chi connectivity index (χ2v) is 2.98. The van der Waals surface area contributed by atoms with Crippen molar-refractivity contribution in [2.75, 3.05) is 0 Å². The van der Waals surface area contributed by atoms with Gasteiger partial charge in [-0.2, -0.15) is 0 Å². The normalized spacial score (nSPS) is 9.81. The minimum Gasteiger partial charge on any atom is -0.475 e. The average molecular weight is 227 g/mol. The molecule has 0 saturated carbocycles. The van der Waals surface area contributed by atoms with Crippen molar-refractivity contribution in [3.63, 3.8) is 0 Å². The van der Waals surface area contributed by atoms with Gasteiger partial charge in [-0.3, -0.25) is 14.9 Å². The summed E-state index contributed by atoms with van der Waals surface area (Å²) in [6.45, 7) is 0. The van der Waals surface area contributed by atoms with Crippen LogP contribution in [0.3, 0.4) is 0 Å². The van der Waals surface area contributed by atoms with Crippen LogP contribution in [0.4, 0.5) is 10.1 Å². The first-order chi connectivity index (χ1) is 7.40. The molecule has 0 saturated heterocycles. The van der Waals surface area contributed by atoms with Gasteiger partial charge in [0.1, 0.15) is 5.82 Å². The Bertz CT molecular complexity index is 471. The van der Waals surface area contributed by atoms with Crippen LogP contribution in [-0.2, 0) is 16.0 Å². The molecular weight excluding hydrogens is 221 g/mol. The Morgan fingerprint density at radius 3 is 2.50 bits per heavy atom. The Balaban J connectivity index is 3.01. The third-order valence-electron chi connectivity index (χ3n) is 1.76. The monoisotopic (exact) mass is 227 g/mol. The molecule has 1 N–H and O–H groups in total. The molecule has 0 heterocycles. The molecule has 1 aromatic rings. The zero-order valence-corrected chi connectivity index (χ0v) is 7.84. The fourth-order valence-electron chi connectivity index (χ4n) is 1.10. The Labute approximate surface area is 88.5 Å². The van der Waals surface area contributed by atoms with Crippen LogP contribution in [0, 0.1) is 15.9 Å². The van der Waals surface area contributed by atoms with E-state index in [9.17, 15) is 24.1 Å². The van der Waals surface area contributed by atoms with Gasteiger partial charge in [0.05, 0.1) is 11.0 Å². The molecule has 0 radical (unpaired) electrons. The van der Waals surface area contributed by atoms with Gasteiger partial charge in [-0.25, -0.2) is 9.18 Å². The summed E-state index contributed by atoms with van der Waals surface area (Å²) in [6.07, 6.45) is -0.575. The maximum atomic E-state index is 12.9. The number of halogens is 1. The minimum atomic E-state index is -1.66. The number of non-ortho nitro benzene ring substituents is 1. The fraction of sp³-hybridized carbons (Fsp3) is 0.111. The van der Waals surface area contributed by atoms with Gasteiger partial charge < -0.3 is 5.11 Å². The number of carbonyl (C=O) groups excluding carboxylic acids is 1. The second kappa shape index (κ2) is 4.47. The first-order valence-corrected chi connectivity index (χ1v) is 4.10. The van der Waals surface area contributed by atoms with Crippen LogP contribution >= 0.6 is 0 Å². The van der Waals surface area contributed by atoms with Crippen LogP contribution < -0.4 is 0 Å². The molecule has 0 amide bonds. The van der Waals surface area contributed by atoms with Gasteiger partial charge >= 0.3 is 5.97 Å². The average Bonchev–Trinajstić information content (AvgIpc) is 2.16. The highest BCUT2D eigenvalue weighted by atomic mass is 19.1.